The molecule has 0 radical (unpaired) electrons. The van der Waals surface area contributed by atoms with Crippen LogP contribution in [0.4, 0.5) is 8.78 Å². The van der Waals surface area contributed by atoms with Crippen molar-refractivity contribution in [2.45, 2.75) is 47.3 Å². The van der Waals surface area contributed by atoms with Gasteiger partial charge in [-0.1, -0.05) is 27.7 Å². The van der Waals surface area contributed by atoms with Gasteiger partial charge in [-0.3, -0.25) is 9.88 Å². The fourth-order valence-corrected chi connectivity index (χ4v) is 4.85. The van der Waals surface area contributed by atoms with Gasteiger partial charge in [0.25, 0.3) is 0 Å². The molecule has 0 aliphatic carbocycles. The number of halogens is 2. The summed E-state index contributed by atoms with van der Waals surface area (Å²) in [5.41, 5.74) is 0.789. The monoisotopic (exact) mass is 394 g/mol. The Bertz CT molecular complexity index is 757. The van der Waals surface area contributed by atoms with Crippen LogP contribution in [-0.4, -0.2) is 29.6 Å². The Hall–Kier alpha value is -1.53. The van der Waals surface area contributed by atoms with Gasteiger partial charge < -0.3 is 4.74 Å². The molecule has 3 nitrogen and oxygen atoms in total. The lowest BCUT2D eigenvalue weighted by Gasteiger charge is -2.42. The number of pyridine rings is 1. The van der Waals surface area contributed by atoms with Crippen LogP contribution in [-0.2, 0) is 6.54 Å². The van der Waals surface area contributed by atoms with Crippen molar-refractivity contribution in [2.24, 2.45) is 17.3 Å². The second-order valence-corrected chi connectivity index (χ2v) is 9.76. The van der Waals surface area contributed by atoms with Crippen molar-refractivity contribution in [3.63, 3.8) is 0 Å². The minimum Gasteiger partial charge on any atom is -0.432 e. The average molecular weight is 395 g/mol. The summed E-state index contributed by atoms with van der Waals surface area (Å²) in [6.07, 6.45) is 2.88. The Kier molecular flexibility index (Phi) is 6.16. The lowest BCUT2D eigenvalue weighted by Crippen LogP contribution is -2.43. The Morgan fingerprint density at radius 1 is 1.26 bits per heavy atom. The summed E-state index contributed by atoms with van der Waals surface area (Å²) in [5, 5.41) is 0. The number of piperidine rings is 1. The first kappa shape index (κ1) is 20.2. The zero-order chi connectivity index (χ0) is 19.6. The Morgan fingerprint density at radius 2 is 2.04 bits per heavy atom. The van der Waals surface area contributed by atoms with E-state index in [1.165, 1.54) is 17.4 Å². The van der Waals surface area contributed by atoms with Gasteiger partial charge in [0.15, 0.2) is 5.75 Å². The molecule has 3 rings (SSSR count). The molecule has 1 aliphatic rings. The molecule has 0 N–H and O–H groups in total. The molecule has 148 valence electrons. The summed E-state index contributed by atoms with van der Waals surface area (Å²) in [7, 11) is 0. The number of hydrogen-bond acceptors (Lipinski definition) is 4. The van der Waals surface area contributed by atoms with Crippen molar-refractivity contribution in [3.8, 4) is 16.3 Å². The smallest absolute Gasteiger partial charge is 0.387 e. The van der Waals surface area contributed by atoms with Gasteiger partial charge in [-0.05, 0) is 47.9 Å². The first-order valence-electron chi connectivity index (χ1n) is 9.43. The second kappa shape index (κ2) is 8.23. The third kappa shape index (κ3) is 5.26. The minimum atomic E-state index is -2.85. The van der Waals surface area contributed by atoms with Crippen molar-refractivity contribution in [3.05, 3.63) is 35.3 Å². The van der Waals surface area contributed by atoms with Crippen LogP contribution in [0.3, 0.4) is 0 Å². The van der Waals surface area contributed by atoms with E-state index >= 15 is 0 Å². The largest absolute Gasteiger partial charge is 0.432 e. The predicted molar refractivity (Wildman–Crippen MR) is 106 cm³/mol. The molecule has 0 amide bonds. The Morgan fingerprint density at radius 3 is 2.74 bits per heavy atom. The third-order valence-corrected chi connectivity index (χ3v) is 6.30. The summed E-state index contributed by atoms with van der Waals surface area (Å²) in [6.45, 7) is 9.53. The molecule has 0 saturated carbocycles. The van der Waals surface area contributed by atoms with Crippen LogP contribution >= 0.6 is 11.3 Å². The second-order valence-electron chi connectivity index (χ2n) is 8.59. The SMILES string of the molecule is CC1CC(C(C)(C)C)CN(Cc2ccc(-c3ncccc3OC(F)F)s2)C1. The van der Waals surface area contributed by atoms with Crippen LogP contribution in [0.15, 0.2) is 30.5 Å². The van der Waals surface area contributed by atoms with E-state index in [1.807, 2.05) is 6.07 Å². The van der Waals surface area contributed by atoms with E-state index < -0.39 is 6.61 Å². The number of ether oxygens (including phenoxy) is 1. The van der Waals surface area contributed by atoms with E-state index in [0.717, 1.165) is 24.5 Å². The summed E-state index contributed by atoms with van der Waals surface area (Å²) < 4.78 is 29.9. The maximum atomic E-state index is 12.6. The summed E-state index contributed by atoms with van der Waals surface area (Å²) in [5.74, 6) is 1.49. The van der Waals surface area contributed by atoms with Crippen LogP contribution in [0.1, 0.15) is 39.0 Å². The standard InChI is InChI=1S/C21H28F2N2OS/c1-14-10-15(21(2,3)4)12-25(11-14)13-16-7-8-18(27-16)19-17(26-20(22)23)6-5-9-24-19/h5-9,14-15,20H,10-13H2,1-4H3. The predicted octanol–water partition coefficient (Wildman–Crippen LogP) is 5.92. The Labute approximate surface area is 164 Å². The van der Waals surface area contributed by atoms with Gasteiger partial charge in [-0.15, -0.1) is 11.3 Å². The molecule has 0 spiro atoms. The van der Waals surface area contributed by atoms with E-state index in [1.54, 1.807) is 23.6 Å². The van der Waals surface area contributed by atoms with Crippen LogP contribution in [0.2, 0.25) is 0 Å². The normalized spacial score (nSPS) is 21.6. The van der Waals surface area contributed by atoms with Crippen LogP contribution in [0, 0.1) is 17.3 Å². The number of aromatic nitrogens is 1. The maximum Gasteiger partial charge on any atom is 0.387 e. The zero-order valence-electron chi connectivity index (χ0n) is 16.4. The molecule has 2 atom stereocenters. The van der Waals surface area contributed by atoms with E-state index in [2.05, 4.69) is 48.4 Å². The van der Waals surface area contributed by atoms with E-state index in [4.69, 9.17) is 0 Å². The molecular weight excluding hydrogens is 366 g/mol. The van der Waals surface area contributed by atoms with Crippen LogP contribution in [0.5, 0.6) is 5.75 Å². The highest BCUT2D eigenvalue weighted by Gasteiger charge is 2.32. The van der Waals surface area contributed by atoms with Gasteiger partial charge in [0.05, 0.1) is 4.88 Å². The number of nitrogens with zero attached hydrogens (tertiary/aromatic N) is 2. The minimum absolute atomic E-state index is 0.125. The van der Waals surface area contributed by atoms with E-state index in [-0.39, 0.29) is 5.75 Å². The Balaban J connectivity index is 1.73. The molecule has 2 aromatic rings. The van der Waals surface area contributed by atoms with Crippen molar-refractivity contribution in [2.75, 3.05) is 13.1 Å². The molecule has 2 unspecified atom stereocenters. The van der Waals surface area contributed by atoms with Crippen LogP contribution in [0.25, 0.3) is 10.6 Å². The molecule has 2 aromatic heterocycles. The first-order chi connectivity index (χ1) is 12.7. The molecule has 6 heteroatoms. The highest BCUT2D eigenvalue weighted by Crippen LogP contribution is 2.38. The van der Waals surface area contributed by atoms with Crippen molar-refractivity contribution in [1.29, 1.82) is 0 Å². The van der Waals surface area contributed by atoms with Gasteiger partial charge in [-0.2, -0.15) is 8.78 Å². The van der Waals surface area contributed by atoms with Gasteiger partial charge in [0, 0.05) is 30.7 Å². The molecular formula is C21H28F2N2OS. The van der Waals surface area contributed by atoms with Crippen molar-refractivity contribution < 1.29 is 13.5 Å². The number of alkyl halides is 2. The molecule has 0 bridgehead atoms. The molecule has 3 heterocycles. The highest BCUT2D eigenvalue weighted by atomic mass is 32.1. The number of likely N-dealkylation sites (tertiary alicyclic amines) is 1. The molecule has 0 aromatic carbocycles. The van der Waals surface area contributed by atoms with E-state index in [0.29, 0.717) is 22.9 Å². The summed E-state index contributed by atoms with van der Waals surface area (Å²) in [6, 6.07) is 7.17. The van der Waals surface area contributed by atoms with Gasteiger partial charge in [0.2, 0.25) is 0 Å². The number of rotatable bonds is 5. The number of thiophene rings is 1. The van der Waals surface area contributed by atoms with Gasteiger partial charge >= 0.3 is 6.61 Å². The highest BCUT2D eigenvalue weighted by molar-refractivity contribution is 7.15. The summed E-state index contributed by atoms with van der Waals surface area (Å²) in [4.78, 5) is 8.86. The average Bonchev–Trinajstić information content (AvgIpc) is 3.01. The zero-order valence-corrected chi connectivity index (χ0v) is 17.2. The maximum absolute atomic E-state index is 12.6. The topological polar surface area (TPSA) is 25.4 Å². The van der Waals surface area contributed by atoms with Crippen molar-refractivity contribution in [1.82, 2.24) is 9.88 Å². The fourth-order valence-electron chi connectivity index (χ4n) is 3.80. The van der Waals surface area contributed by atoms with Gasteiger partial charge in [0.1, 0.15) is 5.69 Å². The molecule has 27 heavy (non-hydrogen) atoms. The van der Waals surface area contributed by atoms with Crippen LogP contribution < -0.4 is 4.74 Å². The van der Waals surface area contributed by atoms with Gasteiger partial charge in [-0.25, -0.2) is 0 Å². The summed E-state index contributed by atoms with van der Waals surface area (Å²) >= 11 is 1.60. The number of hydrogen-bond donors (Lipinski definition) is 0. The fraction of sp³-hybridized carbons (Fsp3) is 0.571. The lowest BCUT2D eigenvalue weighted by atomic mass is 9.74. The first-order valence-corrected chi connectivity index (χ1v) is 10.3. The lowest BCUT2D eigenvalue weighted by molar-refractivity contribution is -0.0496. The van der Waals surface area contributed by atoms with Crippen molar-refractivity contribution >= 4 is 11.3 Å². The quantitative estimate of drug-likeness (QED) is 0.630. The third-order valence-electron chi connectivity index (χ3n) is 5.22. The molecule has 1 saturated heterocycles. The van der Waals surface area contributed by atoms with E-state index in [9.17, 15) is 8.78 Å². The molecule has 1 fully saturated rings. The molecule has 1 aliphatic heterocycles.